The molecule has 0 amide bonds. The van der Waals surface area contributed by atoms with Crippen LogP contribution in [0.1, 0.15) is 19.8 Å². The fourth-order valence-electron chi connectivity index (χ4n) is 1.19. The van der Waals surface area contributed by atoms with Crippen LogP contribution in [0.25, 0.3) is 0 Å². The molecular formula is C7H13O5PY-2. The first kappa shape index (κ1) is 15.2. The molecule has 0 N–H and O–H groups in total. The van der Waals surface area contributed by atoms with Crippen LogP contribution in [0.2, 0.25) is 0 Å². The number of rotatable bonds is 4. The number of phosphoric ester groups is 1. The first-order chi connectivity index (χ1) is 6.09. The smallest absolute Gasteiger partial charge is 0.267 e. The molecule has 7 heteroatoms. The van der Waals surface area contributed by atoms with Gasteiger partial charge in [-0.2, -0.15) is 0 Å². The van der Waals surface area contributed by atoms with Crippen LogP contribution in [-0.4, -0.2) is 19.3 Å². The fraction of sp³-hybridized carbons (Fsp3) is 0.857. The first-order valence-corrected chi connectivity index (χ1v) is 5.57. The van der Waals surface area contributed by atoms with Gasteiger partial charge >= 0.3 is 0 Å². The van der Waals surface area contributed by atoms with Gasteiger partial charge < -0.3 is 18.7 Å². The summed E-state index contributed by atoms with van der Waals surface area (Å²) in [5, 5.41) is 0. The van der Waals surface area contributed by atoms with Crippen LogP contribution in [0, 0.1) is 6.61 Å². The van der Waals surface area contributed by atoms with Gasteiger partial charge in [0, 0.05) is 45.9 Å². The van der Waals surface area contributed by atoms with Crippen LogP contribution in [0.3, 0.4) is 0 Å². The van der Waals surface area contributed by atoms with Crippen LogP contribution in [0.4, 0.5) is 0 Å². The van der Waals surface area contributed by atoms with Gasteiger partial charge in [-0.3, -0.25) is 4.57 Å². The maximum Gasteiger partial charge on any atom is 0.267 e. The van der Waals surface area contributed by atoms with E-state index < -0.39 is 13.9 Å². The molecule has 1 aliphatic rings. The monoisotopic (exact) mass is 297 g/mol. The van der Waals surface area contributed by atoms with Gasteiger partial charge in [0.2, 0.25) is 0 Å². The van der Waals surface area contributed by atoms with Gasteiger partial charge in [-0.15, -0.1) is 6.42 Å². The molecule has 0 spiro atoms. The second-order valence-electron chi connectivity index (χ2n) is 2.76. The van der Waals surface area contributed by atoms with E-state index in [0.717, 1.165) is 7.11 Å². The van der Waals surface area contributed by atoms with E-state index in [1.54, 1.807) is 6.61 Å². The molecule has 0 aromatic heterocycles. The van der Waals surface area contributed by atoms with E-state index in [2.05, 4.69) is 4.52 Å². The van der Waals surface area contributed by atoms with Gasteiger partial charge in [0.05, 0.1) is 6.10 Å². The van der Waals surface area contributed by atoms with Crippen molar-refractivity contribution in [3.63, 3.8) is 0 Å². The van der Waals surface area contributed by atoms with Crippen molar-refractivity contribution in [3.8, 4) is 0 Å². The quantitative estimate of drug-likeness (QED) is 0.568. The predicted molar refractivity (Wildman–Crippen MR) is 43.6 cm³/mol. The molecule has 1 heterocycles. The third-order valence-electron chi connectivity index (χ3n) is 1.90. The molecule has 5 nitrogen and oxygen atoms in total. The molecule has 14 heavy (non-hydrogen) atoms. The Kier molecular flexibility index (Phi) is 7.25. The Hall–Kier alpha value is 1.17. The van der Waals surface area contributed by atoms with Crippen LogP contribution in [0.15, 0.2) is 0 Å². The molecule has 1 unspecified atom stereocenters. The summed E-state index contributed by atoms with van der Waals surface area (Å²) in [7, 11) is -3.05. The molecule has 0 aromatic rings. The Morgan fingerprint density at radius 3 is 2.86 bits per heavy atom. The van der Waals surface area contributed by atoms with Crippen molar-refractivity contribution in [2.75, 3.05) is 7.11 Å². The second kappa shape index (κ2) is 6.69. The van der Waals surface area contributed by atoms with E-state index in [4.69, 9.17) is 9.26 Å². The topological polar surface area (TPSA) is 67.8 Å². The fourth-order valence-corrected chi connectivity index (χ4v) is 1.83. The average molecular weight is 297 g/mol. The minimum Gasteiger partial charge on any atom is -0.756 e. The van der Waals surface area contributed by atoms with Crippen LogP contribution in [-0.2, 0) is 51.1 Å². The summed E-state index contributed by atoms with van der Waals surface area (Å²) in [4.78, 5) is 10.9. The molecule has 0 bridgehead atoms. The van der Waals surface area contributed by atoms with E-state index in [0.29, 0.717) is 12.8 Å². The number of hydrogen-bond acceptors (Lipinski definition) is 5. The Morgan fingerprint density at radius 1 is 1.71 bits per heavy atom. The van der Waals surface area contributed by atoms with Crippen molar-refractivity contribution in [1.29, 1.82) is 0 Å². The summed E-state index contributed by atoms with van der Waals surface area (Å²) in [5.41, 5.74) is 0. The molecule has 1 fully saturated rings. The van der Waals surface area contributed by atoms with E-state index >= 15 is 0 Å². The van der Waals surface area contributed by atoms with E-state index in [-0.39, 0.29) is 38.8 Å². The van der Waals surface area contributed by atoms with Crippen molar-refractivity contribution in [3.05, 3.63) is 6.61 Å². The van der Waals surface area contributed by atoms with Crippen LogP contribution in [0.5, 0.6) is 0 Å². The predicted octanol–water partition coefficient (Wildman–Crippen LogP) is 0.845. The summed E-state index contributed by atoms with van der Waals surface area (Å²) in [5.74, 6) is 0. The third kappa shape index (κ3) is 4.35. The molecule has 0 aliphatic carbocycles. The third-order valence-corrected chi connectivity index (χ3v) is 2.88. The maximum absolute atomic E-state index is 10.9. The second-order valence-corrected chi connectivity index (χ2v) is 4.23. The van der Waals surface area contributed by atoms with Crippen molar-refractivity contribution >= 4 is 7.82 Å². The molecule has 81 valence electrons. The van der Waals surface area contributed by atoms with E-state index in [1.165, 1.54) is 0 Å². The van der Waals surface area contributed by atoms with Crippen LogP contribution < -0.4 is 4.89 Å². The maximum atomic E-state index is 10.9. The molecule has 3 atom stereocenters. The Balaban J connectivity index is 0.00000169. The van der Waals surface area contributed by atoms with Crippen LogP contribution >= 0.6 is 7.82 Å². The Labute approximate surface area is 109 Å². The largest absolute Gasteiger partial charge is 0.756 e. The first-order valence-electron chi connectivity index (χ1n) is 4.11. The molecular weight excluding hydrogens is 284 g/mol. The van der Waals surface area contributed by atoms with Gasteiger partial charge in [0.1, 0.15) is 0 Å². The van der Waals surface area contributed by atoms with Gasteiger partial charge in [-0.05, 0) is 6.42 Å². The number of ether oxygens (including phenoxy) is 1. The van der Waals surface area contributed by atoms with Gasteiger partial charge in [0.15, 0.2) is 0 Å². The van der Waals surface area contributed by atoms with Gasteiger partial charge in [0.25, 0.3) is 7.82 Å². The Bertz CT molecular complexity index is 212. The zero-order chi connectivity index (χ0) is 9.90. The average Bonchev–Trinajstić information content (AvgIpc) is 2.51. The normalized spacial score (nSPS) is 30.8. The van der Waals surface area contributed by atoms with Gasteiger partial charge in [-0.1, -0.05) is 6.92 Å². The molecule has 1 saturated heterocycles. The standard InChI is InChI=1S/C7H14O5P.Y/c1-3-6-7(4-5-11-6)12-13(8,9)10-2;/h5-7H,3-4H2,1-2H3,(H,8,9);/q-1;/p-1/t6-,7+;/m1./s1. The van der Waals surface area contributed by atoms with E-state index in [9.17, 15) is 9.46 Å². The summed E-state index contributed by atoms with van der Waals surface area (Å²) in [6, 6.07) is 0. The summed E-state index contributed by atoms with van der Waals surface area (Å²) in [6.45, 7) is 3.47. The number of hydrogen-bond donors (Lipinski definition) is 0. The molecule has 0 aromatic carbocycles. The van der Waals surface area contributed by atoms with Crippen molar-refractivity contribution in [2.45, 2.75) is 32.0 Å². The Morgan fingerprint density at radius 2 is 2.36 bits per heavy atom. The number of phosphoric acid groups is 1. The SMILES string of the molecule is CC[C@H]1O[CH-]C[C@@H]1OP(=O)([O-])OC.[Y]. The summed E-state index contributed by atoms with van der Waals surface area (Å²) in [6.07, 6.45) is 0.574. The molecule has 1 aliphatic heterocycles. The summed E-state index contributed by atoms with van der Waals surface area (Å²) >= 11 is 0. The summed E-state index contributed by atoms with van der Waals surface area (Å²) < 4.78 is 25.0. The van der Waals surface area contributed by atoms with Crippen molar-refractivity contribution < 1.29 is 56.0 Å². The molecule has 0 saturated carbocycles. The molecule has 1 rings (SSSR count). The van der Waals surface area contributed by atoms with Crippen molar-refractivity contribution in [1.82, 2.24) is 0 Å². The zero-order valence-corrected chi connectivity index (χ0v) is 11.9. The van der Waals surface area contributed by atoms with Gasteiger partial charge in [-0.25, -0.2) is 6.61 Å². The molecule has 1 radical (unpaired) electrons. The van der Waals surface area contributed by atoms with Crippen molar-refractivity contribution in [2.24, 2.45) is 0 Å². The minimum absolute atomic E-state index is 0. The zero-order valence-electron chi connectivity index (χ0n) is 8.21. The van der Waals surface area contributed by atoms with E-state index in [1.807, 2.05) is 6.92 Å². The minimum atomic E-state index is -4.12.